The molecule has 1 amide bonds. The maximum Gasteiger partial charge on any atom is 0.273 e. The van der Waals surface area contributed by atoms with Gasteiger partial charge in [0.2, 0.25) is 0 Å². The molecule has 0 bridgehead atoms. The van der Waals surface area contributed by atoms with Gasteiger partial charge >= 0.3 is 0 Å². The fraction of sp³-hybridized carbons (Fsp3) is 0.267. The number of hydrogen-bond acceptors (Lipinski definition) is 6. The Morgan fingerprint density at radius 3 is 2.24 bits per heavy atom. The molecule has 3 aromatic carbocycles. The molecule has 1 aromatic heterocycles. The molecular weight excluding hydrogens is 482 g/mol. The van der Waals surface area contributed by atoms with Gasteiger partial charge in [0.05, 0.1) is 39.7 Å². The predicted octanol–water partition coefficient (Wildman–Crippen LogP) is 5.29. The first-order valence-corrected chi connectivity index (χ1v) is 12.5. The third-order valence-electron chi connectivity index (χ3n) is 6.82. The van der Waals surface area contributed by atoms with Crippen molar-refractivity contribution in [1.82, 2.24) is 15.1 Å². The number of H-pyrrole nitrogens is 1. The highest BCUT2D eigenvalue weighted by Gasteiger charge is 2.42. The van der Waals surface area contributed by atoms with E-state index in [1.807, 2.05) is 78.6 Å². The van der Waals surface area contributed by atoms with Gasteiger partial charge in [-0.2, -0.15) is 5.10 Å². The average Bonchev–Trinajstić information content (AvgIpc) is 3.51. The zero-order valence-corrected chi connectivity index (χ0v) is 22.0. The van der Waals surface area contributed by atoms with Gasteiger partial charge in [0.25, 0.3) is 5.91 Å². The van der Waals surface area contributed by atoms with Crippen LogP contribution in [0.3, 0.4) is 0 Å². The van der Waals surface area contributed by atoms with Crippen molar-refractivity contribution < 1.29 is 23.7 Å². The summed E-state index contributed by atoms with van der Waals surface area (Å²) >= 11 is 0. The van der Waals surface area contributed by atoms with Crippen molar-refractivity contribution in [2.24, 2.45) is 0 Å². The van der Waals surface area contributed by atoms with Crippen molar-refractivity contribution in [2.75, 3.05) is 34.5 Å². The van der Waals surface area contributed by atoms with E-state index in [-0.39, 0.29) is 11.9 Å². The Morgan fingerprint density at radius 2 is 1.58 bits per heavy atom. The number of methoxy groups -OCH3 is 3. The lowest BCUT2D eigenvalue weighted by Gasteiger charge is -2.27. The number of ether oxygens (including phenoxy) is 4. The Bertz CT molecular complexity index is 1410. The molecule has 1 unspecified atom stereocenters. The van der Waals surface area contributed by atoms with Gasteiger partial charge in [-0.15, -0.1) is 0 Å². The summed E-state index contributed by atoms with van der Waals surface area (Å²) in [7, 11) is 4.87. The summed E-state index contributed by atoms with van der Waals surface area (Å²) in [6.07, 6.45) is 0.648. The largest absolute Gasteiger partial charge is 0.497 e. The summed E-state index contributed by atoms with van der Waals surface area (Å²) in [5.74, 6) is 2.81. The fourth-order valence-corrected chi connectivity index (χ4v) is 4.94. The van der Waals surface area contributed by atoms with E-state index in [0.717, 1.165) is 39.4 Å². The van der Waals surface area contributed by atoms with Crippen LogP contribution in [0.25, 0.3) is 11.3 Å². The Hall–Kier alpha value is -4.46. The lowest BCUT2D eigenvalue weighted by Crippen LogP contribution is -2.31. The number of nitrogens with one attached hydrogen (secondary N) is 1. The molecule has 2 heterocycles. The predicted molar refractivity (Wildman–Crippen MR) is 144 cm³/mol. The molecule has 0 spiro atoms. The van der Waals surface area contributed by atoms with Gasteiger partial charge in [0, 0.05) is 17.7 Å². The SMILES string of the molecule is CCOc1ccc(C2c3c(-c4ccc(OC)cc4)n[nH]c3C(=O)N2CCc2ccc(OC)c(OC)c2)cc1. The summed E-state index contributed by atoms with van der Waals surface area (Å²) in [6, 6.07) is 21.2. The molecule has 0 fully saturated rings. The van der Waals surface area contributed by atoms with E-state index in [0.29, 0.717) is 36.8 Å². The first kappa shape index (κ1) is 25.2. The number of nitrogens with zero attached hydrogens (tertiary/aromatic N) is 2. The van der Waals surface area contributed by atoms with E-state index < -0.39 is 0 Å². The van der Waals surface area contributed by atoms with Gasteiger partial charge in [-0.05, 0) is 73.0 Å². The van der Waals surface area contributed by atoms with E-state index in [4.69, 9.17) is 18.9 Å². The number of hydrogen-bond donors (Lipinski definition) is 1. The van der Waals surface area contributed by atoms with E-state index in [9.17, 15) is 4.79 Å². The number of carbonyl (C=O) groups excluding carboxylic acids is 1. The van der Waals surface area contributed by atoms with Crippen molar-refractivity contribution in [3.8, 4) is 34.3 Å². The third kappa shape index (κ3) is 4.65. The number of rotatable bonds is 10. The highest BCUT2D eigenvalue weighted by molar-refractivity contribution is 6.00. The van der Waals surface area contributed by atoms with E-state index in [1.165, 1.54) is 0 Å². The number of amides is 1. The van der Waals surface area contributed by atoms with Gasteiger partial charge in [0.15, 0.2) is 11.5 Å². The minimum Gasteiger partial charge on any atom is -0.497 e. The van der Waals surface area contributed by atoms with Crippen LogP contribution in [-0.2, 0) is 6.42 Å². The topological polar surface area (TPSA) is 85.9 Å². The molecule has 0 radical (unpaired) electrons. The molecule has 1 N–H and O–H groups in total. The summed E-state index contributed by atoms with van der Waals surface area (Å²) in [5, 5.41) is 7.59. The Labute approximate surface area is 222 Å². The second kappa shape index (κ2) is 10.9. The first-order chi connectivity index (χ1) is 18.6. The first-order valence-electron chi connectivity index (χ1n) is 12.5. The second-order valence-corrected chi connectivity index (χ2v) is 8.93. The van der Waals surface area contributed by atoms with Crippen LogP contribution in [0.4, 0.5) is 0 Å². The van der Waals surface area contributed by atoms with Crippen molar-refractivity contribution in [3.63, 3.8) is 0 Å². The summed E-state index contributed by atoms with van der Waals surface area (Å²) in [4.78, 5) is 15.6. The number of carbonyl (C=O) groups is 1. The van der Waals surface area contributed by atoms with Crippen LogP contribution in [0.5, 0.6) is 23.0 Å². The number of aromatic nitrogens is 2. The van der Waals surface area contributed by atoms with Crippen LogP contribution in [-0.4, -0.2) is 55.5 Å². The molecule has 8 heteroatoms. The fourth-order valence-electron chi connectivity index (χ4n) is 4.94. The minimum absolute atomic E-state index is 0.0772. The van der Waals surface area contributed by atoms with Gasteiger partial charge in [-0.25, -0.2) is 0 Å². The van der Waals surface area contributed by atoms with Crippen molar-refractivity contribution in [1.29, 1.82) is 0 Å². The smallest absolute Gasteiger partial charge is 0.273 e. The molecule has 0 saturated carbocycles. The maximum atomic E-state index is 13.7. The zero-order chi connectivity index (χ0) is 26.6. The van der Waals surface area contributed by atoms with Gasteiger partial charge in [0.1, 0.15) is 17.2 Å². The van der Waals surface area contributed by atoms with Gasteiger partial charge in [-0.1, -0.05) is 18.2 Å². The number of benzene rings is 3. The van der Waals surface area contributed by atoms with Gasteiger partial charge in [-0.3, -0.25) is 9.89 Å². The van der Waals surface area contributed by atoms with Crippen LogP contribution in [0.2, 0.25) is 0 Å². The maximum absolute atomic E-state index is 13.7. The van der Waals surface area contributed by atoms with Crippen LogP contribution >= 0.6 is 0 Å². The molecule has 196 valence electrons. The number of aromatic amines is 1. The molecule has 1 aliphatic heterocycles. The zero-order valence-electron chi connectivity index (χ0n) is 22.0. The molecule has 38 heavy (non-hydrogen) atoms. The molecule has 5 rings (SSSR count). The van der Waals surface area contributed by atoms with Gasteiger partial charge < -0.3 is 23.8 Å². The molecule has 1 aliphatic rings. The quantitative estimate of drug-likeness (QED) is 0.310. The molecule has 4 aromatic rings. The summed E-state index contributed by atoms with van der Waals surface area (Å²) in [6.45, 7) is 3.06. The van der Waals surface area contributed by atoms with E-state index in [1.54, 1.807) is 21.3 Å². The van der Waals surface area contributed by atoms with Crippen LogP contribution < -0.4 is 18.9 Å². The van der Waals surface area contributed by atoms with Crippen LogP contribution in [0, 0.1) is 0 Å². The lowest BCUT2D eigenvalue weighted by atomic mass is 9.95. The molecule has 8 nitrogen and oxygen atoms in total. The van der Waals surface area contributed by atoms with E-state index in [2.05, 4.69) is 10.2 Å². The third-order valence-corrected chi connectivity index (χ3v) is 6.82. The van der Waals surface area contributed by atoms with Crippen LogP contribution in [0.1, 0.15) is 40.1 Å². The normalized spacial score (nSPS) is 14.4. The second-order valence-electron chi connectivity index (χ2n) is 8.93. The Kier molecular flexibility index (Phi) is 7.22. The van der Waals surface area contributed by atoms with E-state index >= 15 is 0 Å². The highest BCUT2D eigenvalue weighted by Crippen LogP contribution is 2.43. The van der Waals surface area contributed by atoms with Crippen molar-refractivity contribution >= 4 is 5.91 Å². The summed E-state index contributed by atoms with van der Waals surface area (Å²) in [5.41, 5.74) is 5.09. The average molecular weight is 514 g/mol. The van der Waals surface area contributed by atoms with Crippen LogP contribution in [0.15, 0.2) is 66.7 Å². The monoisotopic (exact) mass is 513 g/mol. The van der Waals surface area contributed by atoms with Crippen molar-refractivity contribution in [3.05, 3.63) is 89.1 Å². The molecule has 0 aliphatic carbocycles. The molecular formula is C30H31N3O5. The Balaban J connectivity index is 1.51. The number of fused-ring (bicyclic) bond motifs is 1. The Morgan fingerprint density at radius 1 is 0.868 bits per heavy atom. The summed E-state index contributed by atoms with van der Waals surface area (Å²) < 4.78 is 21.8. The van der Waals surface area contributed by atoms with Crippen molar-refractivity contribution in [2.45, 2.75) is 19.4 Å². The molecule has 1 atom stereocenters. The molecule has 0 saturated heterocycles. The lowest BCUT2D eigenvalue weighted by molar-refractivity contribution is 0.0746. The highest BCUT2D eigenvalue weighted by atomic mass is 16.5. The minimum atomic E-state index is -0.302. The standard InChI is InChI=1S/C30H31N3O5/c1-5-38-23-13-9-21(10-14-23)29-26-27(20-7-11-22(35-2)12-8-20)31-32-28(26)30(34)33(29)17-16-19-6-15-24(36-3)25(18-19)37-4/h6-15,18,29H,5,16-17H2,1-4H3,(H,31,32).